The van der Waals surface area contributed by atoms with Crippen LogP contribution in [0, 0.1) is 5.92 Å². The van der Waals surface area contributed by atoms with Crippen LogP contribution in [0.4, 0.5) is 0 Å². The Labute approximate surface area is 135 Å². The van der Waals surface area contributed by atoms with E-state index in [4.69, 9.17) is 4.74 Å². The second kappa shape index (κ2) is 4.98. The fraction of sp³-hybridized carbons (Fsp3) is 0.556. The van der Waals surface area contributed by atoms with Crippen molar-refractivity contribution in [1.29, 1.82) is 0 Å². The van der Waals surface area contributed by atoms with Gasteiger partial charge in [0.15, 0.2) is 0 Å². The molecule has 1 N–H and O–H groups in total. The number of hydrogen-bond acceptors (Lipinski definition) is 3. The van der Waals surface area contributed by atoms with Crippen molar-refractivity contribution in [2.45, 2.75) is 50.1 Å². The molecule has 0 radical (unpaired) electrons. The summed E-state index contributed by atoms with van der Waals surface area (Å²) in [5.74, 6) is -0.139. The lowest BCUT2D eigenvalue weighted by molar-refractivity contribution is -0.150. The maximum Gasteiger partial charge on any atom is 0.326 e. The quantitative estimate of drug-likeness (QED) is 0.925. The third-order valence-electron chi connectivity index (χ3n) is 5.57. The van der Waals surface area contributed by atoms with Gasteiger partial charge in [0.2, 0.25) is 5.91 Å². The van der Waals surface area contributed by atoms with Crippen LogP contribution in [-0.2, 0) is 15.0 Å². The molecule has 3 atom stereocenters. The summed E-state index contributed by atoms with van der Waals surface area (Å²) in [7, 11) is 0. The van der Waals surface area contributed by atoms with E-state index in [0.717, 1.165) is 37.0 Å². The van der Waals surface area contributed by atoms with Gasteiger partial charge in [0.05, 0.1) is 6.61 Å². The van der Waals surface area contributed by atoms with Gasteiger partial charge in [-0.05, 0) is 38.7 Å². The Morgan fingerprint density at radius 2 is 2.09 bits per heavy atom. The van der Waals surface area contributed by atoms with Crippen molar-refractivity contribution in [3.05, 3.63) is 29.8 Å². The number of rotatable bonds is 4. The summed E-state index contributed by atoms with van der Waals surface area (Å²) in [5, 5.41) is 9.33. The van der Waals surface area contributed by atoms with Crippen LogP contribution in [0.25, 0.3) is 0 Å². The first-order valence-electron chi connectivity index (χ1n) is 8.32. The zero-order valence-corrected chi connectivity index (χ0v) is 13.2. The zero-order valence-electron chi connectivity index (χ0n) is 13.2. The maximum absolute atomic E-state index is 13.0. The molecule has 1 spiro atoms. The van der Waals surface area contributed by atoms with Crippen molar-refractivity contribution < 1.29 is 19.4 Å². The van der Waals surface area contributed by atoms with Crippen LogP contribution >= 0.6 is 0 Å². The lowest BCUT2D eigenvalue weighted by Gasteiger charge is -2.30. The van der Waals surface area contributed by atoms with Crippen LogP contribution in [0.15, 0.2) is 24.3 Å². The zero-order chi connectivity index (χ0) is 16.2. The molecule has 122 valence electrons. The number of amides is 1. The van der Waals surface area contributed by atoms with Crippen LogP contribution < -0.4 is 4.74 Å². The van der Waals surface area contributed by atoms with Crippen molar-refractivity contribution in [2.75, 3.05) is 6.61 Å². The largest absolute Gasteiger partial charge is 0.493 e. The third-order valence-corrected chi connectivity index (χ3v) is 5.57. The van der Waals surface area contributed by atoms with Gasteiger partial charge in [-0.3, -0.25) is 4.79 Å². The molecule has 23 heavy (non-hydrogen) atoms. The number of hydrogen-bond donors (Lipinski definition) is 1. The second-order valence-corrected chi connectivity index (χ2v) is 7.00. The average Bonchev–Trinajstić information content (AvgIpc) is 3.44. The van der Waals surface area contributed by atoms with Gasteiger partial charge in [0, 0.05) is 22.9 Å². The molecule has 1 heterocycles. The summed E-state index contributed by atoms with van der Waals surface area (Å²) in [6.07, 6.45) is 3.48. The van der Waals surface area contributed by atoms with Gasteiger partial charge in [0.25, 0.3) is 0 Å². The van der Waals surface area contributed by atoms with Crippen LogP contribution in [0.2, 0.25) is 0 Å². The number of aliphatic carboxylic acids is 1. The predicted octanol–water partition coefficient (Wildman–Crippen LogP) is 2.19. The highest BCUT2D eigenvalue weighted by Crippen LogP contribution is 2.61. The van der Waals surface area contributed by atoms with Crippen LogP contribution in [-0.4, -0.2) is 40.6 Å². The fourth-order valence-electron chi connectivity index (χ4n) is 4.02. The Kier molecular flexibility index (Phi) is 3.15. The number of carboxylic acids is 1. The Hall–Kier alpha value is -2.04. The fourth-order valence-corrected chi connectivity index (χ4v) is 4.02. The summed E-state index contributed by atoms with van der Waals surface area (Å²) >= 11 is 0. The molecule has 0 saturated heterocycles. The average molecular weight is 315 g/mol. The normalized spacial score (nSPS) is 29.3. The summed E-state index contributed by atoms with van der Waals surface area (Å²) < 4.78 is 5.71. The molecular formula is C18H21NO4. The minimum Gasteiger partial charge on any atom is -0.493 e. The Balaban J connectivity index is 1.61. The van der Waals surface area contributed by atoms with E-state index >= 15 is 0 Å². The third kappa shape index (κ3) is 2.21. The molecule has 0 aromatic heterocycles. The second-order valence-electron chi connectivity index (χ2n) is 7.00. The first-order valence-corrected chi connectivity index (χ1v) is 8.32. The summed E-state index contributed by atoms with van der Waals surface area (Å²) in [5.41, 5.74) is 0.973. The number of ether oxygens (including phenoxy) is 1. The number of fused-ring (bicyclic) bond motifs is 2. The van der Waals surface area contributed by atoms with Gasteiger partial charge >= 0.3 is 5.97 Å². The SMILES string of the molecule is CC(C(=O)O)N(C(=O)[C@@H]1C[C@]12CCOc1ccccc12)C1CC1. The summed E-state index contributed by atoms with van der Waals surface area (Å²) in [6.45, 7) is 2.24. The number of carboxylic acid groups (broad SMARTS) is 1. The van der Waals surface area contributed by atoms with Gasteiger partial charge in [-0.15, -0.1) is 0 Å². The molecule has 4 rings (SSSR count). The molecule has 1 unspecified atom stereocenters. The number of carbonyl (C=O) groups excluding carboxylic acids is 1. The lowest BCUT2D eigenvalue weighted by atomic mass is 9.87. The van der Waals surface area contributed by atoms with Crippen LogP contribution in [0.5, 0.6) is 5.75 Å². The van der Waals surface area contributed by atoms with Crippen molar-refractivity contribution in [1.82, 2.24) is 4.90 Å². The van der Waals surface area contributed by atoms with Gasteiger partial charge in [-0.25, -0.2) is 4.79 Å². The standard InChI is InChI=1S/C18H21NO4/c1-11(17(21)22)19(12-6-7-12)16(20)14-10-18(14)8-9-23-15-5-3-2-4-13(15)18/h2-5,11-12,14H,6-10H2,1H3,(H,21,22)/t11?,14-,18-/m0/s1. The van der Waals surface area contributed by atoms with Crippen LogP contribution in [0.3, 0.4) is 0 Å². The van der Waals surface area contributed by atoms with Crippen molar-refractivity contribution >= 4 is 11.9 Å². The molecule has 1 amide bonds. The summed E-state index contributed by atoms with van der Waals surface area (Å²) in [4.78, 5) is 26.0. The van der Waals surface area contributed by atoms with E-state index < -0.39 is 12.0 Å². The molecule has 0 bridgehead atoms. The molecule has 2 saturated carbocycles. The number of carbonyl (C=O) groups is 2. The highest BCUT2D eigenvalue weighted by Gasteiger charge is 2.63. The van der Waals surface area contributed by atoms with Crippen molar-refractivity contribution in [3.63, 3.8) is 0 Å². The summed E-state index contributed by atoms with van der Waals surface area (Å²) in [6, 6.07) is 7.29. The van der Waals surface area contributed by atoms with E-state index in [1.807, 2.05) is 24.3 Å². The van der Waals surface area contributed by atoms with Gasteiger partial charge in [-0.1, -0.05) is 18.2 Å². The maximum atomic E-state index is 13.0. The number of para-hydroxylation sites is 1. The topological polar surface area (TPSA) is 66.8 Å². The molecule has 3 aliphatic rings. The Morgan fingerprint density at radius 3 is 2.78 bits per heavy atom. The highest BCUT2D eigenvalue weighted by molar-refractivity contribution is 5.89. The minimum atomic E-state index is -0.924. The molecule has 2 aliphatic carbocycles. The van der Waals surface area contributed by atoms with Crippen molar-refractivity contribution in [2.24, 2.45) is 5.92 Å². The molecular weight excluding hydrogens is 294 g/mol. The van der Waals surface area contributed by atoms with E-state index in [1.54, 1.807) is 11.8 Å². The van der Waals surface area contributed by atoms with E-state index in [2.05, 4.69) is 0 Å². The van der Waals surface area contributed by atoms with E-state index in [1.165, 1.54) is 0 Å². The monoisotopic (exact) mass is 315 g/mol. The Bertz CT molecular complexity index is 669. The Morgan fingerprint density at radius 1 is 1.35 bits per heavy atom. The molecule has 5 heteroatoms. The molecule has 1 aromatic carbocycles. The number of benzene rings is 1. The molecule has 5 nitrogen and oxygen atoms in total. The minimum absolute atomic E-state index is 0.0131. The molecule has 1 aromatic rings. The number of nitrogens with zero attached hydrogens (tertiary/aromatic N) is 1. The van der Waals surface area contributed by atoms with E-state index in [0.29, 0.717) is 6.61 Å². The van der Waals surface area contributed by atoms with E-state index in [-0.39, 0.29) is 23.3 Å². The smallest absolute Gasteiger partial charge is 0.326 e. The first kappa shape index (κ1) is 14.5. The predicted molar refractivity (Wildman–Crippen MR) is 83.3 cm³/mol. The van der Waals surface area contributed by atoms with Gasteiger partial charge in [0.1, 0.15) is 11.8 Å². The molecule has 2 fully saturated rings. The van der Waals surface area contributed by atoms with Crippen LogP contribution in [0.1, 0.15) is 38.2 Å². The van der Waals surface area contributed by atoms with Gasteiger partial charge < -0.3 is 14.7 Å². The molecule has 1 aliphatic heterocycles. The van der Waals surface area contributed by atoms with E-state index in [9.17, 15) is 14.7 Å². The van der Waals surface area contributed by atoms with Gasteiger partial charge in [-0.2, -0.15) is 0 Å². The first-order chi connectivity index (χ1) is 11.0. The van der Waals surface area contributed by atoms with Crippen molar-refractivity contribution in [3.8, 4) is 5.75 Å². The lowest BCUT2D eigenvalue weighted by Crippen LogP contribution is -2.46. The highest BCUT2D eigenvalue weighted by atomic mass is 16.5.